The van der Waals surface area contributed by atoms with Crippen LogP contribution in [0, 0.1) is 0 Å². The molecule has 1 saturated carbocycles. The van der Waals surface area contributed by atoms with Crippen LogP contribution in [0.2, 0.25) is 0 Å². The van der Waals surface area contributed by atoms with Crippen molar-refractivity contribution in [1.29, 1.82) is 0 Å². The second-order valence-corrected chi connectivity index (χ2v) is 6.29. The van der Waals surface area contributed by atoms with Crippen molar-refractivity contribution >= 4 is 5.69 Å². The fourth-order valence-corrected chi connectivity index (χ4v) is 3.15. The smallest absolute Gasteiger partial charge is 0.0829 e. The molecule has 0 aromatic heterocycles. The van der Waals surface area contributed by atoms with Crippen molar-refractivity contribution in [2.45, 2.75) is 38.5 Å². The summed E-state index contributed by atoms with van der Waals surface area (Å²) in [5, 5.41) is 0. The molecule has 1 aromatic rings. The van der Waals surface area contributed by atoms with Crippen LogP contribution in [-0.2, 0) is 11.3 Å². The SMILES string of the molecule is CCN1CCOC(CN(Cc2cccc(N)c2)C2CC2)C1. The fraction of sp³-hybridized carbons (Fsp3) is 0.647. The normalized spacial score (nSPS) is 23.6. The average molecular weight is 289 g/mol. The van der Waals surface area contributed by atoms with E-state index in [2.05, 4.69) is 28.9 Å². The molecular formula is C17H27N3O. The van der Waals surface area contributed by atoms with Crippen LogP contribution in [0.1, 0.15) is 25.3 Å². The summed E-state index contributed by atoms with van der Waals surface area (Å²) in [7, 11) is 0. The second-order valence-electron chi connectivity index (χ2n) is 6.29. The molecule has 0 amide bonds. The van der Waals surface area contributed by atoms with Gasteiger partial charge in [0.05, 0.1) is 12.7 Å². The van der Waals surface area contributed by atoms with Crippen molar-refractivity contribution in [3.8, 4) is 0 Å². The molecule has 1 unspecified atom stereocenters. The quantitative estimate of drug-likeness (QED) is 0.813. The summed E-state index contributed by atoms with van der Waals surface area (Å²) in [5.74, 6) is 0. The maximum absolute atomic E-state index is 5.97. The summed E-state index contributed by atoms with van der Waals surface area (Å²) >= 11 is 0. The van der Waals surface area contributed by atoms with E-state index in [1.807, 2.05) is 12.1 Å². The molecule has 1 saturated heterocycles. The molecule has 1 aliphatic heterocycles. The third-order valence-electron chi connectivity index (χ3n) is 4.51. The molecule has 3 rings (SSSR count). The van der Waals surface area contributed by atoms with E-state index in [9.17, 15) is 0 Å². The summed E-state index contributed by atoms with van der Waals surface area (Å²) in [6.07, 6.45) is 3.00. The lowest BCUT2D eigenvalue weighted by Gasteiger charge is -2.35. The Kier molecular flexibility index (Phi) is 4.78. The van der Waals surface area contributed by atoms with E-state index in [4.69, 9.17) is 10.5 Å². The maximum atomic E-state index is 5.97. The number of benzene rings is 1. The van der Waals surface area contributed by atoms with Crippen LogP contribution in [0.5, 0.6) is 0 Å². The van der Waals surface area contributed by atoms with E-state index in [0.29, 0.717) is 6.10 Å². The first-order chi connectivity index (χ1) is 10.2. The van der Waals surface area contributed by atoms with Crippen molar-refractivity contribution < 1.29 is 4.74 Å². The van der Waals surface area contributed by atoms with Gasteiger partial charge in [-0.1, -0.05) is 19.1 Å². The number of hydrogen-bond donors (Lipinski definition) is 1. The van der Waals surface area contributed by atoms with Gasteiger partial charge in [0.1, 0.15) is 0 Å². The molecule has 21 heavy (non-hydrogen) atoms. The van der Waals surface area contributed by atoms with Gasteiger partial charge in [0.25, 0.3) is 0 Å². The van der Waals surface area contributed by atoms with Gasteiger partial charge in [0, 0.05) is 37.9 Å². The summed E-state index contributed by atoms with van der Waals surface area (Å²) in [6, 6.07) is 9.01. The van der Waals surface area contributed by atoms with Gasteiger partial charge >= 0.3 is 0 Å². The predicted molar refractivity (Wildman–Crippen MR) is 86.1 cm³/mol. The van der Waals surface area contributed by atoms with Crippen LogP contribution < -0.4 is 5.73 Å². The highest BCUT2D eigenvalue weighted by atomic mass is 16.5. The van der Waals surface area contributed by atoms with Crippen LogP contribution in [-0.4, -0.2) is 54.7 Å². The molecular weight excluding hydrogens is 262 g/mol. The first-order valence-electron chi connectivity index (χ1n) is 8.17. The van der Waals surface area contributed by atoms with Crippen molar-refractivity contribution in [2.24, 2.45) is 0 Å². The van der Waals surface area contributed by atoms with E-state index in [-0.39, 0.29) is 0 Å². The average Bonchev–Trinajstić information content (AvgIpc) is 3.31. The van der Waals surface area contributed by atoms with Gasteiger partial charge in [-0.2, -0.15) is 0 Å². The highest BCUT2D eigenvalue weighted by Crippen LogP contribution is 2.29. The number of hydrogen-bond acceptors (Lipinski definition) is 4. The van der Waals surface area contributed by atoms with Crippen molar-refractivity contribution in [2.75, 3.05) is 38.5 Å². The minimum atomic E-state index is 0.348. The predicted octanol–water partition coefficient (Wildman–Crippen LogP) is 1.95. The van der Waals surface area contributed by atoms with Crippen LogP contribution in [0.15, 0.2) is 24.3 Å². The van der Waals surface area contributed by atoms with Crippen molar-refractivity contribution in [3.05, 3.63) is 29.8 Å². The van der Waals surface area contributed by atoms with Crippen molar-refractivity contribution in [3.63, 3.8) is 0 Å². The zero-order chi connectivity index (χ0) is 14.7. The molecule has 0 radical (unpaired) electrons. The monoisotopic (exact) mass is 289 g/mol. The number of nitrogens with zero attached hydrogens (tertiary/aromatic N) is 2. The van der Waals surface area contributed by atoms with Crippen LogP contribution in [0.3, 0.4) is 0 Å². The Morgan fingerprint density at radius 2 is 2.24 bits per heavy atom. The summed E-state index contributed by atoms with van der Waals surface area (Å²) in [5.41, 5.74) is 8.06. The number of nitrogen functional groups attached to an aromatic ring is 1. The topological polar surface area (TPSA) is 41.7 Å². The van der Waals surface area contributed by atoms with Gasteiger partial charge in [-0.3, -0.25) is 9.80 Å². The van der Waals surface area contributed by atoms with E-state index >= 15 is 0 Å². The molecule has 4 heteroatoms. The van der Waals surface area contributed by atoms with Crippen LogP contribution in [0.25, 0.3) is 0 Å². The van der Waals surface area contributed by atoms with Crippen LogP contribution >= 0.6 is 0 Å². The summed E-state index contributed by atoms with van der Waals surface area (Å²) in [4.78, 5) is 5.07. The molecule has 1 atom stereocenters. The minimum absolute atomic E-state index is 0.348. The third kappa shape index (κ3) is 4.19. The molecule has 0 bridgehead atoms. The molecule has 2 fully saturated rings. The van der Waals surface area contributed by atoms with E-state index in [1.54, 1.807) is 0 Å². The third-order valence-corrected chi connectivity index (χ3v) is 4.51. The first-order valence-corrected chi connectivity index (χ1v) is 8.17. The van der Waals surface area contributed by atoms with Crippen molar-refractivity contribution in [1.82, 2.24) is 9.80 Å². The summed E-state index contributed by atoms with van der Waals surface area (Å²) in [6.45, 7) is 8.39. The second kappa shape index (κ2) is 6.77. The number of likely N-dealkylation sites (N-methyl/N-ethyl adjacent to an activating group) is 1. The van der Waals surface area contributed by atoms with E-state index in [1.165, 1.54) is 18.4 Å². The molecule has 1 aromatic carbocycles. The number of nitrogens with two attached hydrogens (primary N) is 1. The van der Waals surface area contributed by atoms with E-state index in [0.717, 1.165) is 51.1 Å². The van der Waals surface area contributed by atoms with Crippen LogP contribution in [0.4, 0.5) is 5.69 Å². The first kappa shape index (κ1) is 14.8. The largest absolute Gasteiger partial charge is 0.399 e. The van der Waals surface area contributed by atoms with Gasteiger partial charge in [-0.15, -0.1) is 0 Å². The Balaban J connectivity index is 1.59. The minimum Gasteiger partial charge on any atom is -0.399 e. The molecule has 2 N–H and O–H groups in total. The number of morpholine rings is 1. The zero-order valence-electron chi connectivity index (χ0n) is 13.0. The van der Waals surface area contributed by atoms with Gasteiger partial charge < -0.3 is 10.5 Å². The lowest BCUT2D eigenvalue weighted by atomic mass is 10.1. The Bertz CT molecular complexity index is 461. The molecule has 4 nitrogen and oxygen atoms in total. The van der Waals surface area contributed by atoms with Gasteiger partial charge in [0.2, 0.25) is 0 Å². The number of ether oxygens (including phenoxy) is 1. The highest BCUT2D eigenvalue weighted by molar-refractivity contribution is 5.40. The Morgan fingerprint density at radius 3 is 2.95 bits per heavy atom. The molecule has 0 spiro atoms. The number of anilines is 1. The molecule has 1 aliphatic carbocycles. The van der Waals surface area contributed by atoms with Gasteiger partial charge in [-0.05, 0) is 37.1 Å². The molecule has 1 heterocycles. The lowest BCUT2D eigenvalue weighted by Crippen LogP contribution is -2.47. The standard InChI is InChI=1S/C17H27N3O/c1-2-19-8-9-21-17(12-19)13-20(16-6-7-16)11-14-4-3-5-15(18)10-14/h3-5,10,16-17H,2,6-9,11-13,18H2,1H3. The summed E-state index contributed by atoms with van der Waals surface area (Å²) < 4.78 is 5.97. The zero-order valence-corrected chi connectivity index (χ0v) is 13.0. The Hall–Kier alpha value is -1.10. The van der Waals surface area contributed by atoms with E-state index < -0.39 is 0 Å². The Morgan fingerprint density at radius 1 is 1.38 bits per heavy atom. The lowest BCUT2D eigenvalue weighted by molar-refractivity contribution is -0.0440. The highest BCUT2D eigenvalue weighted by Gasteiger charge is 2.32. The Labute approximate surface area is 127 Å². The molecule has 116 valence electrons. The number of rotatable bonds is 6. The van der Waals surface area contributed by atoms with Gasteiger partial charge in [0.15, 0.2) is 0 Å². The fourth-order valence-electron chi connectivity index (χ4n) is 3.15. The maximum Gasteiger partial charge on any atom is 0.0829 e. The van der Waals surface area contributed by atoms with Gasteiger partial charge in [-0.25, -0.2) is 0 Å². The molecule has 2 aliphatic rings.